The monoisotopic (exact) mass is 394 g/mol. The molecule has 1 aliphatic heterocycles. The van der Waals surface area contributed by atoms with Gasteiger partial charge in [-0.2, -0.15) is 4.31 Å². The summed E-state index contributed by atoms with van der Waals surface area (Å²) in [5, 5.41) is 0. The van der Waals surface area contributed by atoms with Crippen molar-refractivity contribution < 1.29 is 13.2 Å². The van der Waals surface area contributed by atoms with Crippen LogP contribution in [0.25, 0.3) is 0 Å². The van der Waals surface area contributed by atoms with Crippen LogP contribution in [0.3, 0.4) is 0 Å². The quantitative estimate of drug-likeness (QED) is 0.724. The Hall–Kier alpha value is -2.46. The number of sulfonamides is 1. The fraction of sp³-hybridized carbons (Fsp3) is 0.471. The third kappa shape index (κ3) is 3.67. The fourth-order valence-corrected chi connectivity index (χ4v) is 4.65. The number of pyridine rings is 1. The summed E-state index contributed by atoms with van der Waals surface area (Å²) in [6.07, 6.45) is 3.56. The third-order valence-electron chi connectivity index (χ3n) is 4.67. The molecule has 10 heteroatoms. The maximum atomic E-state index is 12.9. The zero-order valence-electron chi connectivity index (χ0n) is 15.5. The molecule has 2 aromatic rings. The van der Waals surface area contributed by atoms with Crippen molar-refractivity contribution in [1.82, 2.24) is 18.4 Å². The van der Waals surface area contributed by atoms with Crippen molar-refractivity contribution in [3.05, 3.63) is 50.9 Å². The first-order valence-corrected chi connectivity index (χ1v) is 10.0. The number of rotatable bonds is 4. The molecule has 0 N–H and O–H groups in total. The second-order valence-corrected chi connectivity index (χ2v) is 8.50. The van der Waals surface area contributed by atoms with Gasteiger partial charge in [-0.25, -0.2) is 18.2 Å². The Morgan fingerprint density at radius 2 is 1.85 bits per heavy atom. The van der Waals surface area contributed by atoms with Crippen molar-refractivity contribution in [1.29, 1.82) is 0 Å². The Kier molecular flexibility index (Phi) is 5.20. The highest BCUT2D eigenvalue weighted by atomic mass is 32.2. The van der Waals surface area contributed by atoms with Gasteiger partial charge in [-0.15, -0.1) is 0 Å². The summed E-state index contributed by atoms with van der Waals surface area (Å²) in [5.41, 5.74) is -0.473. The molecule has 27 heavy (non-hydrogen) atoms. The molecule has 0 amide bonds. The van der Waals surface area contributed by atoms with Gasteiger partial charge in [-0.05, 0) is 25.8 Å². The topological polar surface area (TPSA) is 104 Å². The van der Waals surface area contributed by atoms with E-state index in [0.29, 0.717) is 18.7 Å². The molecule has 0 unspecified atom stereocenters. The zero-order valence-corrected chi connectivity index (χ0v) is 16.3. The first-order valence-electron chi connectivity index (χ1n) is 8.57. The zero-order chi connectivity index (χ0) is 19.8. The van der Waals surface area contributed by atoms with Crippen LogP contribution >= 0.6 is 0 Å². The normalized spacial score (nSPS) is 16.4. The van der Waals surface area contributed by atoms with E-state index in [2.05, 4.69) is 4.98 Å². The van der Waals surface area contributed by atoms with Crippen molar-refractivity contribution in [2.24, 2.45) is 14.1 Å². The Morgan fingerprint density at radius 3 is 2.48 bits per heavy atom. The molecule has 1 fully saturated rings. The molecule has 146 valence electrons. The number of aromatic nitrogens is 3. The second kappa shape index (κ2) is 7.28. The number of nitrogens with zero attached hydrogens (tertiary/aromatic N) is 4. The Bertz CT molecular complexity index is 1070. The van der Waals surface area contributed by atoms with E-state index in [1.807, 2.05) is 19.1 Å². The molecule has 1 saturated heterocycles. The second-order valence-electron chi connectivity index (χ2n) is 6.60. The molecule has 0 aliphatic carbocycles. The number of piperidine rings is 1. The van der Waals surface area contributed by atoms with Crippen LogP contribution in [-0.4, -0.2) is 46.0 Å². The molecule has 0 atom stereocenters. The Labute approximate surface area is 156 Å². The van der Waals surface area contributed by atoms with Crippen LogP contribution in [0.5, 0.6) is 5.88 Å². The molecular formula is C17H22N4O5S. The molecule has 0 radical (unpaired) electrons. The van der Waals surface area contributed by atoms with E-state index in [9.17, 15) is 18.0 Å². The van der Waals surface area contributed by atoms with Crippen LogP contribution in [0.1, 0.15) is 18.4 Å². The van der Waals surface area contributed by atoms with Crippen molar-refractivity contribution in [2.75, 3.05) is 13.1 Å². The molecule has 0 aromatic carbocycles. The highest BCUT2D eigenvalue weighted by molar-refractivity contribution is 7.89. The van der Waals surface area contributed by atoms with Crippen LogP contribution in [0, 0.1) is 6.92 Å². The molecule has 9 nitrogen and oxygen atoms in total. The van der Waals surface area contributed by atoms with Crippen molar-refractivity contribution in [3.8, 4) is 5.88 Å². The summed E-state index contributed by atoms with van der Waals surface area (Å²) >= 11 is 0. The third-order valence-corrected chi connectivity index (χ3v) is 6.55. The lowest BCUT2D eigenvalue weighted by atomic mass is 10.1. The van der Waals surface area contributed by atoms with Gasteiger partial charge in [0.15, 0.2) is 4.90 Å². The van der Waals surface area contributed by atoms with Gasteiger partial charge < -0.3 is 9.30 Å². The molecule has 0 saturated carbocycles. The number of aryl methyl sites for hydroxylation is 2. The maximum absolute atomic E-state index is 12.9. The van der Waals surface area contributed by atoms with E-state index in [1.165, 1.54) is 18.4 Å². The van der Waals surface area contributed by atoms with E-state index in [4.69, 9.17) is 4.74 Å². The minimum absolute atomic E-state index is 0.145. The van der Waals surface area contributed by atoms with E-state index in [1.54, 1.807) is 6.20 Å². The predicted molar refractivity (Wildman–Crippen MR) is 98.3 cm³/mol. The average molecular weight is 394 g/mol. The SMILES string of the molecule is Cc1cccnc1OC1CCN(S(=O)(=O)c2cn(C)c(=O)n(C)c2=O)CC1. The lowest BCUT2D eigenvalue weighted by molar-refractivity contribution is 0.129. The van der Waals surface area contributed by atoms with Gasteiger partial charge in [0, 0.05) is 45.1 Å². The summed E-state index contributed by atoms with van der Waals surface area (Å²) in [5.74, 6) is 0.547. The van der Waals surface area contributed by atoms with Gasteiger partial charge in [0.2, 0.25) is 15.9 Å². The van der Waals surface area contributed by atoms with Crippen LogP contribution < -0.4 is 16.0 Å². The van der Waals surface area contributed by atoms with Gasteiger partial charge in [0.25, 0.3) is 5.56 Å². The lowest BCUT2D eigenvalue weighted by Gasteiger charge is -2.31. The molecule has 3 rings (SSSR count). The number of hydrogen-bond donors (Lipinski definition) is 0. The van der Waals surface area contributed by atoms with E-state index in [0.717, 1.165) is 20.9 Å². The molecule has 2 aromatic heterocycles. The van der Waals surface area contributed by atoms with E-state index in [-0.39, 0.29) is 19.2 Å². The van der Waals surface area contributed by atoms with Gasteiger partial charge >= 0.3 is 5.69 Å². The lowest BCUT2D eigenvalue weighted by Crippen LogP contribution is -2.46. The molecular weight excluding hydrogens is 372 g/mol. The molecule has 1 aliphatic rings. The van der Waals surface area contributed by atoms with Crippen LogP contribution in [0.15, 0.2) is 39.0 Å². The van der Waals surface area contributed by atoms with Gasteiger partial charge in [-0.1, -0.05) is 6.07 Å². The summed E-state index contributed by atoms with van der Waals surface area (Å²) < 4.78 is 34.8. The molecule has 0 spiro atoms. The molecule has 0 bridgehead atoms. The van der Waals surface area contributed by atoms with E-state index < -0.39 is 26.2 Å². The maximum Gasteiger partial charge on any atom is 0.330 e. The van der Waals surface area contributed by atoms with Crippen LogP contribution in [-0.2, 0) is 24.1 Å². The van der Waals surface area contributed by atoms with Crippen LogP contribution in [0.4, 0.5) is 0 Å². The Morgan fingerprint density at radius 1 is 1.19 bits per heavy atom. The summed E-state index contributed by atoms with van der Waals surface area (Å²) in [4.78, 5) is 27.9. The molecule has 3 heterocycles. The van der Waals surface area contributed by atoms with Crippen LogP contribution in [0.2, 0.25) is 0 Å². The first-order chi connectivity index (χ1) is 12.7. The van der Waals surface area contributed by atoms with Gasteiger partial charge in [0.05, 0.1) is 0 Å². The number of ether oxygens (including phenoxy) is 1. The standard InChI is InChI=1S/C17H22N4O5S/c1-12-5-4-8-18-15(12)26-13-6-9-21(10-7-13)27(24,25)14-11-19(2)17(23)20(3)16(14)22/h4-5,8,11,13H,6-7,9-10H2,1-3H3. The number of hydrogen-bond acceptors (Lipinski definition) is 6. The minimum Gasteiger partial charge on any atom is -0.474 e. The summed E-state index contributed by atoms with van der Waals surface area (Å²) in [6.45, 7) is 2.35. The largest absolute Gasteiger partial charge is 0.474 e. The summed E-state index contributed by atoms with van der Waals surface area (Å²) in [6, 6.07) is 3.72. The average Bonchev–Trinajstić information content (AvgIpc) is 2.65. The first kappa shape index (κ1) is 19.3. The Balaban J connectivity index is 1.77. The van der Waals surface area contributed by atoms with Crippen molar-refractivity contribution in [3.63, 3.8) is 0 Å². The minimum atomic E-state index is -3.99. The van der Waals surface area contributed by atoms with Gasteiger partial charge in [-0.3, -0.25) is 9.36 Å². The smallest absolute Gasteiger partial charge is 0.330 e. The van der Waals surface area contributed by atoms with E-state index >= 15 is 0 Å². The highest BCUT2D eigenvalue weighted by Crippen LogP contribution is 2.23. The summed E-state index contributed by atoms with van der Waals surface area (Å²) in [7, 11) is -1.31. The fourth-order valence-electron chi connectivity index (χ4n) is 3.03. The predicted octanol–water partition coefficient (Wildman–Crippen LogP) is 0.0195. The highest BCUT2D eigenvalue weighted by Gasteiger charge is 2.33. The van der Waals surface area contributed by atoms with Gasteiger partial charge in [0.1, 0.15) is 6.10 Å². The van der Waals surface area contributed by atoms with Crippen molar-refractivity contribution >= 4 is 10.0 Å². The van der Waals surface area contributed by atoms with Crippen molar-refractivity contribution in [2.45, 2.75) is 30.8 Å².